The van der Waals surface area contributed by atoms with Gasteiger partial charge >= 0.3 is 6.18 Å². The second-order valence-corrected chi connectivity index (χ2v) is 13.6. The van der Waals surface area contributed by atoms with E-state index in [0.717, 1.165) is 63.7 Å². The lowest BCUT2D eigenvalue weighted by molar-refractivity contribution is -0.137. The van der Waals surface area contributed by atoms with Crippen LogP contribution in [0.1, 0.15) is 92.7 Å². The van der Waals surface area contributed by atoms with E-state index in [4.69, 9.17) is 4.74 Å². The number of ether oxygens (including phenoxy) is 1. The number of amides is 2. The Balaban J connectivity index is 1.26. The first-order chi connectivity index (χ1) is 24.5. The molecule has 11 heteroatoms. The van der Waals surface area contributed by atoms with Gasteiger partial charge in [-0.05, 0) is 104 Å². The number of rotatable bonds is 10. The van der Waals surface area contributed by atoms with E-state index in [9.17, 15) is 27.6 Å². The number of nitrogens with one attached hydrogen (secondary N) is 1. The van der Waals surface area contributed by atoms with Gasteiger partial charge in [0, 0.05) is 74.3 Å². The first-order valence-electron chi connectivity index (χ1n) is 17.8. The highest BCUT2D eigenvalue weighted by atomic mass is 19.4. The van der Waals surface area contributed by atoms with E-state index < -0.39 is 17.6 Å². The number of anilines is 2. The molecule has 0 aromatic heterocycles. The zero-order chi connectivity index (χ0) is 36.1. The summed E-state index contributed by atoms with van der Waals surface area (Å²) in [6, 6.07) is 15.7. The molecular weight excluding hydrogens is 657 g/mol. The molecule has 270 valence electrons. The van der Waals surface area contributed by atoms with Gasteiger partial charge in [-0.2, -0.15) is 13.2 Å². The maximum Gasteiger partial charge on any atom is 0.416 e. The van der Waals surface area contributed by atoms with Crippen molar-refractivity contribution in [3.63, 3.8) is 0 Å². The van der Waals surface area contributed by atoms with Crippen LogP contribution in [0, 0.1) is 0 Å². The average molecular weight is 703 g/mol. The van der Waals surface area contributed by atoms with Crippen LogP contribution < -0.4 is 10.2 Å². The number of hydrogen-bond acceptors (Lipinski definition) is 6. The summed E-state index contributed by atoms with van der Waals surface area (Å²) in [4.78, 5) is 47.5. The molecule has 3 aliphatic rings. The number of likely N-dealkylation sites (N-methyl/N-ethyl adjacent to an activating group) is 1. The van der Waals surface area contributed by atoms with E-state index in [1.165, 1.54) is 12.1 Å². The number of carbonyl (C=O) groups excluding carboxylic acids is 3. The molecule has 3 aromatic carbocycles. The highest BCUT2D eigenvalue weighted by Gasteiger charge is 2.33. The van der Waals surface area contributed by atoms with Gasteiger partial charge in [-0.25, -0.2) is 0 Å². The lowest BCUT2D eigenvalue weighted by Crippen LogP contribution is -2.41. The molecule has 1 unspecified atom stereocenters. The van der Waals surface area contributed by atoms with Gasteiger partial charge in [0.15, 0.2) is 5.78 Å². The van der Waals surface area contributed by atoms with Crippen molar-refractivity contribution in [3.05, 3.63) is 99.6 Å². The fourth-order valence-electron chi connectivity index (χ4n) is 7.16. The Morgan fingerprint density at radius 2 is 1.67 bits per heavy atom. The van der Waals surface area contributed by atoms with Crippen molar-refractivity contribution in [3.8, 4) is 0 Å². The third-order valence-corrected chi connectivity index (χ3v) is 10.2. The van der Waals surface area contributed by atoms with Gasteiger partial charge in [0.1, 0.15) is 0 Å². The SMILES string of the molecule is CCC1CC(C(=O)c2cc(N3CCCCC3)ccc2NC(=O)c2cccc(C(=O)N(C)CCN3CCOCC3)c2)=Cc2ccc(C(F)(F)F)cc21. The summed E-state index contributed by atoms with van der Waals surface area (Å²) >= 11 is 0. The molecule has 6 rings (SSSR count). The minimum Gasteiger partial charge on any atom is -0.379 e. The minimum absolute atomic E-state index is 0.197. The number of benzene rings is 3. The number of allylic oxidation sites excluding steroid dienone is 1. The highest BCUT2D eigenvalue weighted by Crippen LogP contribution is 2.41. The van der Waals surface area contributed by atoms with Crippen molar-refractivity contribution in [1.82, 2.24) is 9.80 Å². The van der Waals surface area contributed by atoms with Crippen LogP contribution in [0.3, 0.4) is 0 Å². The molecule has 0 radical (unpaired) electrons. The van der Waals surface area contributed by atoms with E-state index in [-0.39, 0.29) is 29.6 Å². The quantitative estimate of drug-likeness (QED) is 0.220. The Morgan fingerprint density at radius 1 is 0.922 bits per heavy atom. The molecule has 0 bridgehead atoms. The van der Waals surface area contributed by atoms with Crippen LogP contribution in [-0.4, -0.2) is 86.9 Å². The number of piperidine rings is 1. The van der Waals surface area contributed by atoms with Gasteiger partial charge in [-0.3, -0.25) is 19.3 Å². The van der Waals surface area contributed by atoms with Crippen molar-refractivity contribution in [2.24, 2.45) is 0 Å². The van der Waals surface area contributed by atoms with Crippen molar-refractivity contribution in [2.45, 2.75) is 51.1 Å². The summed E-state index contributed by atoms with van der Waals surface area (Å²) in [5.41, 5.74) is 3.14. The van der Waals surface area contributed by atoms with Crippen LogP contribution >= 0.6 is 0 Å². The molecule has 1 N–H and O–H groups in total. The molecule has 2 fully saturated rings. The average Bonchev–Trinajstić information content (AvgIpc) is 3.16. The molecule has 1 atom stereocenters. The van der Waals surface area contributed by atoms with Crippen LogP contribution in [0.5, 0.6) is 0 Å². The maximum atomic E-state index is 14.4. The van der Waals surface area contributed by atoms with Crippen LogP contribution in [-0.2, 0) is 10.9 Å². The number of nitrogens with zero attached hydrogens (tertiary/aromatic N) is 3. The van der Waals surface area contributed by atoms with Crippen LogP contribution in [0.15, 0.2) is 66.2 Å². The molecule has 3 aromatic rings. The summed E-state index contributed by atoms with van der Waals surface area (Å²) in [5.74, 6) is -1.20. The summed E-state index contributed by atoms with van der Waals surface area (Å²) in [6.07, 6.45) is 1.30. The molecule has 0 saturated carbocycles. The van der Waals surface area contributed by atoms with Crippen LogP contribution in [0.4, 0.5) is 24.5 Å². The lowest BCUT2D eigenvalue weighted by Gasteiger charge is -2.30. The molecule has 2 aliphatic heterocycles. The highest BCUT2D eigenvalue weighted by molar-refractivity contribution is 6.17. The third-order valence-electron chi connectivity index (χ3n) is 10.2. The number of morpholine rings is 1. The molecule has 2 saturated heterocycles. The smallest absolute Gasteiger partial charge is 0.379 e. The standard InChI is InChI=1S/C40H45F3N4O4/c1-3-27-22-31(23-28-10-11-32(25-34(27)28)40(41,42)43)37(48)35-26-33(47-14-5-4-6-15-47)12-13-36(35)44-38(49)29-8-7-9-30(24-29)39(50)45(2)16-17-46-18-20-51-21-19-46/h7-13,23-27H,3-6,14-22H2,1-2H3,(H,44,49). The van der Waals surface area contributed by atoms with E-state index in [0.29, 0.717) is 59.7 Å². The molecule has 8 nitrogen and oxygen atoms in total. The third kappa shape index (κ3) is 8.53. The number of Topliss-reactive ketones (excluding diaryl/α,β-unsaturated/α-hetero) is 1. The van der Waals surface area contributed by atoms with Gasteiger partial charge in [0.25, 0.3) is 11.8 Å². The Bertz CT molecular complexity index is 1790. The largest absolute Gasteiger partial charge is 0.416 e. The number of ketones is 1. The van der Waals surface area contributed by atoms with Gasteiger partial charge < -0.3 is 19.9 Å². The molecule has 1 aliphatic carbocycles. The molecule has 2 amide bonds. The Morgan fingerprint density at radius 3 is 2.39 bits per heavy atom. The zero-order valence-corrected chi connectivity index (χ0v) is 29.2. The predicted molar refractivity (Wildman–Crippen MR) is 193 cm³/mol. The van der Waals surface area contributed by atoms with Gasteiger partial charge in [0.2, 0.25) is 0 Å². The second kappa shape index (κ2) is 15.8. The number of halogens is 3. The van der Waals surface area contributed by atoms with Gasteiger partial charge in [-0.1, -0.05) is 19.1 Å². The van der Waals surface area contributed by atoms with E-state index in [2.05, 4.69) is 15.1 Å². The predicted octanol–water partition coefficient (Wildman–Crippen LogP) is 7.52. The number of alkyl halides is 3. The molecule has 51 heavy (non-hydrogen) atoms. The minimum atomic E-state index is -4.46. The van der Waals surface area contributed by atoms with Crippen molar-refractivity contribution >= 4 is 35.0 Å². The fraction of sp³-hybridized carbons (Fsp3) is 0.425. The first kappa shape index (κ1) is 36.3. The Hall–Kier alpha value is -4.48. The van der Waals surface area contributed by atoms with E-state index in [1.807, 2.05) is 19.1 Å². The summed E-state index contributed by atoms with van der Waals surface area (Å²) in [7, 11) is 1.74. The van der Waals surface area contributed by atoms with Gasteiger partial charge in [-0.15, -0.1) is 0 Å². The van der Waals surface area contributed by atoms with Crippen LogP contribution in [0.2, 0.25) is 0 Å². The number of hydrogen-bond donors (Lipinski definition) is 1. The van der Waals surface area contributed by atoms with Crippen molar-refractivity contribution in [1.29, 1.82) is 0 Å². The monoisotopic (exact) mass is 702 g/mol. The fourth-order valence-corrected chi connectivity index (χ4v) is 7.16. The Kier molecular flexibility index (Phi) is 11.3. The summed E-state index contributed by atoms with van der Waals surface area (Å²) in [6.45, 7) is 7.90. The number of fused-ring (bicyclic) bond motifs is 1. The van der Waals surface area contributed by atoms with Crippen molar-refractivity contribution < 1.29 is 32.3 Å². The first-order valence-corrected chi connectivity index (χ1v) is 17.8. The second-order valence-electron chi connectivity index (χ2n) is 13.6. The summed E-state index contributed by atoms with van der Waals surface area (Å²) in [5, 5.41) is 2.94. The van der Waals surface area contributed by atoms with Gasteiger partial charge in [0.05, 0.1) is 24.5 Å². The lowest BCUT2D eigenvalue weighted by atomic mass is 9.79. The molecular formula is C40H45F3N4O4. The Labute approximate surface area is 297 Å². The summed E-state index contributed by atoms with van der Waals surface area (Å²) < 4.78 is 46.0. The van der Waals surface area contributed by atoms with Crippen LogP contribution in [0.25, 0.3) is 6.08 Å². The normalized spacial score (nSPS) is 18.1. The maximum absolute atomic E-state index is 14.4. The zero-order valence-electron chi connectivity index (χ0n) is 29.2. The van der Waals surface area contributed by atoms with E-state index in [1.54, 1.807) is 48.4 Å². The van der Waals surface area contributed by atoms with E-state index >= 15 is 0 Å². The number of carbonyl (C=O) groups is 3. The van der Waals surface area contributed by atoms with Crippen molar-refractivity contribution in [2.75, 3.05) is 69.7 Å². The molecule has 0 spiro atoms. The topological polar surface area (TPSA) is 82.2 Å². The molecule has 2 heterocycles.